The largest absolute Gasteiger partial charge is 0.342 e. The fraction of sp³-hybridized carbons (Fsp3) is 0.706. The van der Waals surface area contributed by atoms with Crippen molar-refractivity contribution in [2.24, 2.45) is 11.8 Å². The third-order valence-corrected chi connectivity index (χ3v) is 3.88. The van der Waals surface area contributed by atoms with Crippen LogP contribution in [0, 0.1) is 11.8 Å². The number of likely N-dealkylation sites (tertiary alicyclic amines) is 1. The molecule has 1 aliphatic heterocycles. The first kappa shape index (κ1) is 15.9. The van der Waals surface area contributed by atoms with Crippen molar-refractivity contribution < 1.29 is 4.79 Å². The predicted octanol–water partition coefficient (Wildman–Crippen LogP) is 2.82. The SMILES string of the molecule is CC(C)CC(=O)N1CC(Cc2cc(C(C)(C)C)ncn2)C1. The van der Waals surface area contributed by atoms with Crippen LogP contribution in [0.5, 0.6) is 0 Å². The summed E-state index contributed by atoms with van der Waals surface area (Å²) < 4.78 is 0. The van der Waals surface area contributed by atoms with Crippen LogP contribution in [-0.2, 0) is 16.6 Å². The van der Waals surface area contributed by atoms with E-state index < -0.39 is 0 Å². The molecule has 1 aliphatic rings. The van der Waals surface area contributed by atoms with Crippen LogP contribution in [0.15, 0.2) is 12.4 Å². The molecule has 2 heterocycles. The minimum Gasteiger partial charge on any atom is -0.342 e. The molecule has 0 N–H and O–H groups in total. The van der Waals surface area contributed by atoms with Crippen LogP contribution in [0.3, 0.4) is 0 Å². The van der Waals surface area contributed by atoms with Crippen molar-refractivity contribution >= 4 is 5.91 Å². The quantitative estimate of drug-likeness (QED) is 0.856. The summed E-state index contributed by atoms with van der Waals surface area (Å²) in [7, 11) is 0. The Morgan fingerprint density at radius 1 is 1.33 bits per heavy atom. The molecule has 0 radical (unpaired) electrons. The maximum absolute atomic E-state index is 11.9. The average molecular weight is 289 g/mol. The van der Waals surface area contributed by atoms with Gasteiger partial charge >= 0.3 is 0 Å². The fourth-order valence-corrected chi connectivity index (χ4v) is 2.60. The van der Waals surface area contributed by atoms with Crippen LogP contribution in [0.1, 0.15) is 52.4 Å². The van der Waals surface area contributed by atoms with Crippen molar-refractivity contribution in [1.82, 2.24) is 14.9 Å². The van der Waals surface area contributed by atoms with Gasteiger partial charge in [0.15, 0.2) is 0 Å². The second-order valence-corrected chi connectivity index (χ2v) is 7.61. The lowest BCUT2D eigenvalue weighted by Gasteiger charge is -2.39. The molecule has 1 saturated heterocycles. The highest BCUT2D eigenvalue weighted by atomic mass is 16.2. The van der Waals surface area contributed by atoms with E-state index >= 15 is 0 Å². The zero-order chi connectivity index (χ0) is 15.6. The van der Waals surface area contributed by atoms with Gasteiger partial charge in [0.1, 0.15) is 6.33 Å². The lowest BCUT2D eigenvalue weighted by Crippen LogP contribution is -2.51. The maximum Gasteiger partial charge on any atom is 0.222 e. The third-order valence-electron chi connectivity index (χ3n) is 3.88. The van der Waals surface area contributed by atoms with Crippen molar-refractivity contribution in [3.05, 3.63) is 23.8 Å². The fourth-order valence-electron chi connectivity index (χ4n) is 2.60. The van der Waals surface area contributed by atoms with Gasteiger partial charge in [-0.15, -0.1) is 0 Å². The van der Waals surface area contributed by atoms with Crippen molar-refractivity contribution in [3.8, 4) is 0 Å². The third kappa shape index (κ3) is 4.26. The summed E-state index contributed by atoms with van der Waals surface area (Å²) in [5.74, 6) is 1.27. The summed E-state index contributed by atoms with van der Waals surface area (Å²) in [5.41, 5.74) is 2.23. The number of nitrogens with zero attached hydrogens (tertiary/aromatic N) is 3. The van der Waals surface area contributed by atoms with E-state index in [-0.39, 0.29) is 5.41 Å². The Morgan fingerprint density at radius 2 is 2.00 bits per heavy atom. The van der Waals surface area contributed by atoms with Crippen LogP contribution in [0.4, 0.5) is 0 Å². The molecule has 1 fully saturated rings. The molecule has 4 heteroatoms. The zero-order valence-corrected chi connectivity index (χ0v) is 13.9. The molecule has 0 bridgehead atoms. The first-order valence-electron chi connectivity index (χ1n) is 7.85. The summed E-state index contributed by atoms with van der Waals surface area (Å²) in [5, 5.41) is 0. The molecular formula is C17H27N3O. The second kappa shape index (κ2) is 6.12. The first-order valence-corrected chi connectivity index (χ1v) is 7.85. The normalized spacial score (nSPS) is 16.2. The summed E-state index contributed by atoms with van der Waals surface area (Å²) >= 11 is 0. The Morgan fingerprint density at radius 3 is 2.57 bits per heavy atom. The number of carbonyl (C=O) groups is 1. The standard InChI is InChI=1S/C17H27N3O/c1-12(2)6-16(21)20-9-13(10-20)7-14-8-15(17(3,4)5)19-11-18-14/h8,11-13H,6-7,9-10H2,1-5H3. The average Bonchev–Trinajstić information content (AvgIpc) is 2.31. The van der Waals surface area contributed by atoms with Gasteiger partial charge in [0.25, 0.3) is 0 Å². The van der Waals surface area contributed by atoms with Crippen LogP contribution in [0.2, 0.25) is 0 Å². The van der Waals surface area contributed by atoms with Crippen LogP contribution in [-0.4, -0.2) is 33.9 Å². The molecule has 1 amide bonds. The summed E-state index contributed by atoms with van der Waals surface area (Å²) in [6, 6.07) is 2.11. The Labute approximate surface area is 128 Å². The lowest BCUT2D eigenvalue weighted by molar-refractivity contribution is -0.138. The van der Waals surface area contributed by atoms with E-state index in [0.29, 0.717) is 24.2 Å². The highest BCUT2D eigenvalue weighted by Gasteiger charge is 2.31. The predicted molar refractivity (Wildman–Crippen MR) is 84.0 cm³/mol. The van der Waals surface area contributed by atoms with Crippen LogP contribution in [0.25, 0.3) is 0 Å². The molecule has 116 valence electrons. The molecule has 0 unspecified atom stereocenters. The van der Waals surface area contributed by atoms with Crippen LogP contribution < -0.4 is 0 Å². The van der Waals surface area contributed by atoms with Crippen LogP contribution >= 0.6 is 0 Å². The highest BCUT2D eigenvalue weighted by Crippen LogP contribution is 2.24. The van der Waals surface area contributed by atoms with E-state index in [1.807, 2.05) is 4.90 Å². The maximum atomic E-state index is 11.9. The molecule has 0 atom stereocenters. The molecular weight excluding hydrogens is 262 g/mol. The topological polar surface area (TPSA) is 46.1 Å². The Kier molecular flexibility index (Phi) is 4.64. The lowest BCUT2D eigenvalue weighted by atomic mass is 9.89. The van der Waals surface area contributed by atoms with E-state index in [4.69, 9.17) is 0 Å². The molecule has 1 aromatic heterocycles. The number of aromatic nitrogens is 2. The van der Waals surface area contributed by atoms with Gasteiger partial charge in [-0.1, -0.05) is 34.6 Å². The molecule has 0 spiro atoms. The second-order valence-electron chi connectivity index (χ2n) is 7.61. The summed E-state index contributed by atoms with van der Waals surface area (Å²) in [4.78, 5) is 22.6. The summed E-state index contributed by atoms with van der Waals surface area (Å²) in [6.07, 6.45) is 3.27. The number of rotatable bonds is 4. The molecule has 1 aromatic rings. The van der Waals surface area contributed by atoms with Crippen molar-refractivity contribution in [3.63, 3.8) is 0 Å². The van der Waals surface area contributed by atoms with Gasteiger partial charge in [0.2, 0.25) is 5.91 Å². The number of hydrogen-bond acceptors (Lipinski definition) is 3. The molecule has 0 saturated carbocycles. The molecule has 4 nitrogen and oxygen atoms in total. The van der Waals surface area contributed by atoms with Gasteiger partial charge in [-0.05, 0) is 24.3 Å². The van der Waals surface area contributed by atoms with Crippen molar-refractivity contribution in [1.29, 1.82) is 0 Å². The van der Waals surface area contributed by atoms with Crippen molar-refractivity contribution in [2.75, 3.05) is 13.1 Å². The monoisotopic (exact) mass is 289 g/mol. The molecule has 21 heavy (non-hydrogen) atoms. The molecule has 0 aliphatic carbocycles. The zero-order valence-electron chi connectivity index (χ0n) is 13.9. The van der Waals surface area contributed by atoms with E-state index in [9.17, 15) is 4.79 Å². The van der Waals surface area contributed by atoms with Gasteiger partial charge in [0, 0.05) is 36.3 Å². The van der Waals surface area contributed by atoms with Gasteiger partial charge in [0.05, 0.1) is 0 Å². The number of hydrogen-bond donors (Lipinski definition) is 0. The van der Waals surface area contributed by atoms with E-state index in [1.165, 1.54) is 0 Å². The van der Waals surface area contributed by atoms with Gasteiger partial charge in [-0.2, -0.15) is 0 Å². The van der Waals surface area contributed by atoms with E-state index in [0.717, 1.165) is 30.9 Å². The smallest absolute Gasteiger partial charge is 0.222 e. The Hall–Kier alpha value is -1.45. The van der Waals surface area contributed by atoms with Gasteiger partial charge in [-0.25, -0.2) is 9.97 Å². The number of amides is 1. The minimum absolute atomic E-state index is 0.0522. The summed E-state index contributed by atoms with van der Waals surface area (Å²) in [6.45, 7) is 12.4. The van der Waals surface area contributed by atoms with Gasteiger partial charge in [-0.3, -0.25) is 4.79 Å². The Bertz CT molecular complexity index is 499. The van der Waals surface area contributed by atoms with Crippen molar-refractivity contribution in [2.45, 2.75) is 52.9 Å². The minimum atomic E-state index is 0.0522. The highest BCUT2D eigenvalue weighted by molar-refractivity contribution is 5.77. The van der Waals surface area contributed by atoms with E-state index in [1.54, 1.807) is 6.33 Å². The molecule has 2 rings (SSSR count). The Balaban J connectivity index is 1.87. The number of carbonyl (C=O) groups excluding carboxylic acids is 1. The first-order chi connectivity index (χ1) is 9.75. The molecule has 0 aromatic carbocycles. The van der Waals surface area contributed by atoms with E-state index in [2.05, 4.69) is 50.7 Å². The van der Waals surface area contributed by atoms with Gasteiger partial charge < -0.3 is 4.90 Å².